The summed E-state index contributed by atoms with van der Waals surface area (Å²) in [6.45, 7) is 4.66. The van der Waals surface area contributed by atoms with Gasteiger partial charge in [-0.3, -0.25) is 4.79 Å². The first-order valence-electron chi connectivity index (χ1n) is 10.6. The van der Waals surface area contributed by atoms with E-state index in [1.165, 1.54) is 21.6 Å². The minimum atomic E-state index is 0.175. The standard InChI is InChI=1S/C24H30N2O3/c1-28-22-8-7-18(15-23(22)29-2)16-25-12-9-20(10-13-25)24(27)26-14-11-19-5-3-4-6-21(19)17-26/h3-8,15,20H,9-14,16-17H2,1-2H3/p+1. The van der Waals surface area contributed by atoms with Crippen LogP contribution in [0.1, 0.15) is 29.5 Å². The molecule has 2 aromatic carbocycles. The Kier molecular flexibility index (Phi) is 6.05. The van der Waals surface area contributed by atoms with Crippen molar-refractivity contribution < 1.29 is 19.2 Å². The molecule has 1 fully saturated rings. The molecule has 0 spiro atoms. The van der Waals surface area contributed by atoms with Crippen LogP contribution in [0, 0.1) is 5.92 Å². The molecule has 1 saturated heterocycles. The Balaban J connectivity index is 1.31. The van der Waals surface area contributed by atoms with Gasteiger partial charge in [-0.15, -0.1) is 0 Å². The summed E-state index contributed by atoms with van der Waals surface area (Å²) in [7, 11) is 3.33. The molecule has 0 unspecified atom stereocenters. The number of nitrogens with one attached hydrogen (secondary N) is 1. The Morgan fingerprint density at radius 2 is 1.76 bits per heavy atom. The number of carbonyl (C=O) groups is 1. The summed E-state index contributed by atoms with van der Waals surface area (Å²) in [4.78, 5) is 16.7. The van der Waals surface area contributed by atoms with Crippen molar-refractivity contribution in [3.05, 3.63) is 59.2 Å². The van der Waals surface area contributed by atoms with Crippen molar-refractivity contribution in [2.45, 2.75) is 32.4 Å². The Morgan fingerprint density at radius 1 is 1.03 bits per heavy atom. The minimum absolute atomic E-state index is 0.175. The first-order chi connectivity index (χ1) is 14.2. The molecule has 2 heterocycles. The van der Waals surface area contributed by atoms with Crippen molar-refractivity contribution in [1.29, 1.82) is 0 Å². The van der Waals surface area contributed by atoms with Gasteiger partial charge in [0.2, 0.25) is 5.91 Å². The number of rotatable bonds is 5. The van der Waals surface area contributed by atoms with Crippen LogP contribution in [0.4, 0.5) is 0 Å². The average Bonchev–Trinajstić information content (AvgIpc) is 2.78. The van der Waals surface area contributed by atoms with Crippen molar-refractivity contribution in [2.24, 2.45) is 5.92 Å². The van der Waals surface area contributed by atoms with Gasteiger partial charge in [-0.2, -0.15) is 0 Å². The number of carbonyl (C=O) groups excluding carboxylic acids is 1. The predicted octanol–water partition coefficient (Wildman–Crippen LogP) is 2.08. The quantitative estimate of drug-likeness (QED) is 0.843. The van der Waals surface area contributed by atoms with Crippen LogP contribution in [0.25, 0.3) is 0 Å². The van der Waals surface area contributed by atoms with Gasteiger partial charge in [0.1, 0.15) is 6.54 Å². The molecule has 1 N–H and O–H groups in total. The molecule has 2 aliphatic heterocycles. The molecular formula is C24H31N2O3+. The highest BCUT2D eigenvalue weighted by Gasteiger charge is 2.32. The third-order valence-electron chi connectivity index (χ3n) is 6.39. The molecule has 0 atom stereocenters. The highest BCUT2D eigenvalue weighted by Crippen LogP contribution is 2.27. The van der Waals surface area contributed by atoms with Crippen LogP contribution >= 0.6 is 0 Å². The van der Waals surface area contributed by atoms with Crippen LogP contribution in [-0.2, 0) is 24.3 Å². The molecule has 29 heavy (non-hydrogen) atoms. The monoisotopic (exact) mass is 395 g/mol. The lowest BCUT2D eigenvalue weighted by Crippen LogP contribution is -3.11. The second-order valence-electron chi connectivity index (χ2n) is 8.17. The molecule has 0 saturated carbocycles. The predicted molar refractivity (Wildman–Crippen MR) is 112 cm³/mol. The Labute approximate surface area is 173 Å². The van der Waals surface area contributed by atoms with E-state index in [1.807, 2.05) is 6.07 Å². The van der Waals surface area contributed by atoms with Gasteiger partial charge in [0.15, 0.2) is 11.5 Å². The van der Waals surface area contributed by atoms with E-state index in [2.05, 4.69) is 41.3 Å². The van der Waals surface area contributed by atoms with E-state index in [-0.39, 0.29) is 5.92 Å². The lowest BCUT2D eigenvalue weighted by molar-refractivity contribution is -0.919. The van der Waals surface area contributed by atoms with Crippen molar-refractivity contribution in [3.8, 4) is 11.5 Å². The number of hydrogen-bond donors (Lipinski definition) is 1. The molecule has 1 amide bonds. The van der Waals surface area contributed by atoms with Gasteiger partial charge in [-0.05, 0) is 35.7 Å². The zero-order valence-corrected chi connectivity index (χ0v) is 17.4. The summed E-state index contributed by atoms with van der Waals surface area (Å²) in [6.07, 6.45) is 2.92. The van der Waals surface area contributed by atoms with E-state index < -0.39 is 0 Å². The zero-order valence-electron chi connectivity index (χ0n) is 17.4. The van der Waals surface area contributed by atoms with Gasteiger partial charge in [0.25, 0.3) is 0 Å². The fraction of sp³-hybridized carbons (Fsp3) is 0.458. The second-order valence-corrected chi connectivity index (χ2v) is 8.17. The fourth-order valence-electron chi connectivity index (χ4n) is 4.67. The van der Waals surface area contributed by atoms with E-state index >= 15 is 0 Å². The topological polar surface area (TPSA) is 43.2 Å². The summed E-state index contributed by atoms with van der Waals surface area (Å²) < 4.78 is 10.7. The maximum Gasteiger partial charge on any atom is 0.226 e. The maximum absolute atomic E-state index is 13.1. The number of piperidine rings is 1. The van der Waals surface area contributed by atoms with Gasteiger partial charge in [-0.1, -0.05) is 24.3 Å². The SMILES string of the molecule is COc1ccc(C[NH+]2CCC(C(=O)N3CCc4ccccc4C3)CC2)cc1OC. The number of benzene rings is 2. The smallest absolute Gasteiger partial charge is 0.226 e. The molecule has 0 bridgehead atoms. The molecule has 154 valence electrons. The number of nitrogens with zero attached hydrogens (tertiary/aromatic N) is 1. The van der Waals surface area contributed by atoms with E-state index in [9.17, 15) is 4.79 Å². The van der Waals surface area contributed by atoms with Gasteiger partial charge >= 0.3 is 0 Å². The number of likely N-dealkylation sites (tertiary alicyclic amines) is 1. The first-order valence-corrected chi connectivity index (χ1v) is 10.6. The van der Waals surface area contributed by atoms with E-state index in [0.29, 0.717) is 5.91 Å². The number of amides is 1. The highest BCUT2D eigenvalue weighted by atomic mass is 16.5. The first kappa shape index (κ1) is 19.8. The maximum atomic E-state index is 13.1. The van der Waals surface area contributed by atoms with Gasteiger partial charge in [-0.25, -0.2) is 0 Å². The van der Waals surface area contributed by atoms with Crippen LogP contribution < -0.4 is 14.4 Å². The van der Waals surface area contributed by atoms with Crippen LogP contribution in [0.5, 0.6) is 11.5 Å². The number of hydrogen-bond acceptors (Lipinski definition) is 3. The third kappa shape index (κ3) is 4.40. The summed E-state index contributed by atoms with van der Waals surface area (Å²) in [5.74, 6) is 2.07. The third-order valence-corrected chi connectivity index (χ3v) is 6.39. The Morgan fingerprint density at radius 3 is 2.48 bits per heavy atom. The normalized spacial score (nSPS) is 21.4. The van der Waals surface area contributed by atoms with Crippen LogP contribution in [-0.4, -0.2) is 44.7 Å². The van der Waals surface area contributed by atoms with Gasteiger partial charge < -0.3 is 19.3 Å². The molecular weight excluding hydrogens is 364 g/mol. The van der Waals surface area contributed by atoms with Crippen molar-refractivity contribution in [1.82, 2.24) is 4.90 Å². The minimum Gasteiger partial charge on any atom is -0.493 e. The number of ether oxygens (including phenoxy) is 2. The van der Waals surface area contributed by atoms with Gasteiger partial charge in [0, 0.05) is 37.4 Å². The molecule has 5 heteroatoms. The van der Waals surface area contributed by atoms with E-state index in [4.69, 9.17) is 9.47 Å². The molecule has 2 aliphatic rings. The Hall–Kier alpha value is -2.53. The molecule has 2 aromatic rings. The molecule has 0 radical (unpaired) electrons. The summed E-state index contributed by atoms with van der Waals surface area (Å²) >= 11 is 0. The fourth-order valence-corrected chi connectivity index (χ4v) is 4.67. The number of fused-ring (bicyclic) bond motifs is 1. The van der Waals surface area contributed by atoms with E-state index in [1.54, 1.807) is 14.2 Å². The molecule has 0 aromatic heterocycles. The van der Waals surface area contributed by atoms with Crippen LogP contribution in [0.3, 0.4) is 0 Å². The number of quaternary nitrogens is 1. The van der Waals surface area contributed by atoms with Crippen molar-refractivity contribution in [3.63, 3.8) is 0 Å². The molecule has 5 nitrogen and oxygen atoms in total. The number of methoxy groups -OCH3 is 2. The van der Waals surface area contributed by atoms with Gasteiger partial charge in [0.05, 0.1) is 27.3 Å². The Bertz CT molecular complexity index is 859. The summed E-state index contributed by atoms with van der Waals surface area (Å²) in [5, 5.41) is 0. The zero-order chi connectivity index (χ0) is 20.2. The molecule has 4 rings (SSSR count). The van der Waals surface area contributed by atoms with Crippen LogP contribution in [0.15, 0.2) is 42.5 Å². The van der Waals surface area contributed by atoms with Crippen molar-refractivity contribution in [2.75, 3.05) is 33.9 Å². The average molecular weight is 396 g/mol. The largest absolute Gasteiger partial charge is 0.493 e. The lowest BCUT2D eigenvalue weighted by atomic mass is 9.93. The summed E-state index contributed by atoms with van der Waals surface area (Å²) in [5.41, 5.74) is 3.95. The van der Waals surface area contributed by atoms with Crippen LogP contribution in [0.2, 0.25) is 0 Å². The van der Waals surface area contributed by atoms with Crippen molar-refractivity contribution >= 4 is 5.91 Å². The highest BCUT2D eigenvalue weighted by molar-refractivity contribution is 5.79. The lowest BCUT2D eigenvalue weighted by Gasteiger charge is -2.34. The molecule has 0 aliphatic carbocycles. The summed E-state index contributed by atoms with van der Waals surface area (Å²) in [6, 6.07) is 14.6. The second kappa shape index (κ2) is 8.87. The van der Waals surface area contributed by atoms with E-state index in [0.717, 1.165) is 63.5 Å².